The summed E-state index contributed by atoms with van der Waals surface area (Å²) in [5.74, 6) is 2.60. The van der Waals surface area contributed by atoms with E-state index in [1.165, 1.54) is 16.7 Å². The fourth-order valence-corrected chi connectivity index (χ4v) is 6.57. The van der Waals surface area contributed by atoms with E-state index in [-0.39, 0.29) is 5.91 Å². The summed E-state index contributed by atoms with van der Waals surface area (Å²) < 4.78 is 8.37. The third-order valence-corrected chi connectivity index (χ3v) is 8.23. The maximum absolute atomic E-state index is 13.8. The third kappa shape index (κ3) is 6.46. The molecule has 8 heteroatoms. The summed E-state index contributed by atoms with van der Waals surface area (Å²) in [6.07, 6.45) is 0. The Morgan fingerprint density at radius 2 is 1.44 bits per heavy atom. The molecule has 3 atom stereocenters. The summed E-state index contributed by atoms with van der Waals surface area (Å²) >= 11 is 10.0. The smallest absolute Gasteiger partial charge is 0.345 e. The van der Waals surface area contributed by atoms with E-state index in [2.05, 4.69) is 51.6 Å². The van der Waals surface area contributed by atoms with E-state index in [1.807, 2.05) is 77.2 Å². The standard InChI is InChI=1S/C31H30ClIN2O3S/c1-30(2,3)38-29(37)26(32)35-27(36)25(28(35)39-21-13-20-33)34-31(22-14-7-4-8-15-22,23-16-9-5-10-17-23)24-18-11-6-12-19-24/h4-12,14-19,25-26,28,34H,21H2,1-3H3. The summed E-state index contributed by atoms with van der Waals surface area (Å²) in [5.41, 5.74) is 0.128. The molecule has 1 fully saturated rings. The van der Waals surface area contributed by atoms with Crippen LogP contribution in [0.3, 0.4) is 0 Å². The van der Waals surface area contributed by atoms with Crippen molar-refractivity contribution in [3.05, 3.63) is 108 Å². The van der Waals surface area contributed by atoms with Gasteiger partial charge in [0.05, 0.1) is 11.3 Å². The van der Waals surface area contributed by atoms with Crippen LogP contribution in [0.5, 0.6) is 0 Å². The van der Waals surface area contributed by atoms with Crippen LogP contribution in [0.4, 0.5) is 0 Å². The molecule has 0 aliphatic carbocycles. The Hall–Kier alpha value is -2.51. The van der Waals surface area contributed by atoms with Gasteiger partial charge in [-0.1, -0.05) is 109 Å². The second-order valence-electron chi connectivity index (χ2n) is 10.1. The number of rotatable bonds is 9. The van der Waals surface area contributed by atoms with Gasteiger partial charge >= 0.3 is 5.97 Å². The Bertz CT molecular complexity index is 1240. The quantitative estimate of drug-likeness (QED) is 0.0563. The number of thioether (sulfide) groups is 1. The van der Waals surface area contributed by atoms with Crippen LogP contribution in [0.25, 0.3) is 0 Å². The number of carbonyl (C=O) groups excluding carboxylic acids is 2. The van der Waals surface area contributed by atoms with Crippen LogP contribution in [0, 0.1) is 9.85 Å². The minimum absolute atomic E-state index is 0.270. The number of ether oxygens (including phenoxy) is 1. The Morgan fingerprint density at radius 1 is 0.974 bits per heavy atom. The average molecular weight is 673 g/mol. The lowest BCUT2D eigenvalue weighted by Crippen LogP contribution is -2.74. The molecule has 1 aliphatic heterocycles. The van der Waals surface area contributed by atoms with Crippen LogP contribution in [-0.4, -0.2) is 45.0 Å². The van der Waals surface area contributed by atoms with Gasteiger partial charge in [-0.05, 0) is 41.4 Å². The highest BCUT2D eigenvalue weighted by atomic mass is 127. The van der Waals surface area contributed by atoms with Crippen molar-refractivity contribution in [1.29, 1.82) is 0 Å². The SMILES string of the molecule is CC(C)(C)OC(=O)C(Cl)N1C(=O)C(NC(c2ccccc2)(c2ccccc2)c2ccccc2)C1SCC#CI. The predicted octanol–water partition coefficient (Wildman–Crippen LogP) is 6.14. The summed E-state index contributed by atoms with van der Waals surface area (Å²) in [7, 11) is 0. The second kappa shape index (κ2) is 12.8. The predicted molar refractivity (Wildman–Crippen MR) is 167 cm³/mol. The molecule has 202 valence electrons. The molecule has 1 heterocycles. The molecule has 5 nitrogen and oxygen atoms in total. The molecule has 0 bridgehead atoms. The molecule has 0 spiro atoms. The van der Waals surface area contributed by atoms with Crippen molar-refractivity contribution in [2.24, 2.45) is 0 Å². The van der Waals surface area contributed by atoms with Gasteiger partial charge < -0.3 is 9.64 Å². The number of carbonyl (C=O) groups is 2. The highest BCUT2D eigenvalue weighted by Crippen LogP contribution is 2.42. The molecule has 4 rings (SSSR count). The molecule has 1 amide bonds. The Morgan fingerprint density at radius 3 is 1.85 bits per heavy atom. The maximum Gasteiger partial charge on any atom is 0.345 e. The van der Waals surface area contributed by atoms with Crippen LogP contribution in [-0.2, 0) is 19.9 Å². The van der Waals surface area contributed by atoms with Gasteiger partial charge in [-0.25, -0.2) is 4.79 Å². The van der Waals surface area contributed by atoms with Crippen LogP contribution >= 0.6 is 46.0 Å². The van der Waals surface area contributed by atoms with Gasteiger partial charge in [-0.3, -0.25) is 10.1 Å². The van der Waals surface area contributed by atoms with Crippen molar-refractivity contribution >= 4 is 57.8 Å². The lowest BCUT2D eigenvalue weighted by molar-refractivity contribution is -0.167. The number of likely N-dealkylation sites (tertiary alicyclic amines) is 1. The number of benzene rings is 3. The first-order valence-corrected chi connectivity index (χ1v) is 15.1. The minimum Gasteiger partial charge on any atom is -0.458 e. The molecular weight excluding hydrogens is 643 g/mol. The summed E-state index contributed by atoms with van der Waals surface area (Å²) in [6.45, 7) is 5.31. The zero-order valence-electron chi connectivity index (χ0n) is 21.9. The summed E-state index contributed by atoms with van der Waals surface area (Å²) in [6, 6.07) is 29.6. The maximum atomic E-state index is 13.8. The van der Waals surface area contributed by atoms with Crippen LogP contribution < -0.4 is 5.32 Å². The highest BCUT2D eigenvalue weighted by molar-refractivity contribution is 14.1. The van der Waals surface area contributed by atoms with Gasteiger partial charge in [0.15, 0.2) is 0 Å². The Labute approximate surface area is 253 Å². The van der Waals surface area contributed by atoms with E-state index in [4.69, 9.17) is 16.3 Å². The minimum atomic E-state index is -1.25. The van der Waals surface area contributed by atoms with E-state index in [1.54, 1.807) is 20.8 Å². The number of esters is 1. The highest BCUT2D eigenvalue weighted by Gasteiger charge is 2.55. The van der Waals surface area contributed by atoms with Gasteiger partial charge in [-0.2, -0.15) is 0 Å². The number of hydrogen-bond acceptors (Lipinski definition) is 5. The molecule has 1 aliphatic rings. The molecule has 3 unspecified atom stereocenters. The molecule has 0 aromatic heterocycles. The molecule has 0 radical (unpaired) electrons. The van der Waals surface area contributed by atoms with Crippen LogP contribution in [0.1, 0.15) is 37.5 Å². The van der Waals surface area contributed by atoms with E-state index in [0.29, 0.717) is 5.75 Å². The van der Waals surface area contributed by atoms with Gasteiger partial charge in [-0.15, -0.1) is 11.8 Å². The number of halogens is 2. The number of nitrogens with one attached hydrogen (secondary N) is 1. The zero-order valence-corrected chi connectivity index (χ0v) is 25.7. The summed E-state index contributed by atoms with van der Waals surface area (Å²) in [5, 5.41) is 3.30. The zero-order chi connectivity index (χ0) is 28.0. The van der Waals surface area contributed by atoms with E-state index >= 15 is 0 Å². The summed E-state index contributed by atoms with van der Waals surface area (Å²) in [4.78, 5) is 28.1. The van der Waals surface area contributed by atoms with Gasteiger partial charge in [0.1, 0.15) is 17.0 Å². The lowest BCUT2D eigenvalue weighted by atomic mass is 9.76. The molecular formula is C31H30ClIN2O3S. The normalized spacial score (nSPS) is 18.0. The van der Waals surface area contributed by atoms with Crippen LogP contribution in [0.15, 0.2) is 91.0 Å². The molecule has 3 aromatic carbocycles. The molecule has 3 aromatic rings. The Kier molecular flexibility index (Phi) is 9.65. The second-order valence-corrected chi connectivity index (χ2v) is 12.1. The van der Waals surface area contributed by atoms with Gasteiger partial charge in [0, 0.05) is 22.6 Å². The first kappa shape index (κ1) is 29.5. The average Bonchev–Trinajstić information content (AvgIpc) is 2.93. The molecule has 39 heavy (non-hydrogen) atoms. The fraction of sp³-hybridized carbons (Fsp3) is 0.290. The van der Waals surface area contributed by atoms with Crippen molar-refractivity contribution in [3.63, 3.8) is 0 Å². The van der Waals surface area contributed by atoms with E-state index in [0.717, 1.165) is 16.7 Å². The molecule has 1 saturated heterocycles. The fourth-order valence-electron chi connectivity index (χ4n) is 4.70. The molecule has 0 saturated carbocycles. The van der Waals surface area contributed by atoms with Crippen LogP contribution in [0.2, 0.25) is 0 Å². The first-order valence-electron chi connectivity index (χ1n) is 12.5. The van der Waals surface area contributed by atoms with Crippen molar-refractivity contribution < 1.29 is 14.3 Å². The van der Waals surface area contributed by atoms with Gasteiger partial charge in [0.2, 0.25) is 11.4 Å². The number of hydrogen-bond donors (Lipinski definition) is 1. The Balaban J connectivity index is 1.79. The molecule has 1 N–H and O–H groups in total. The van der Waals surface area contributed by atoms with Crippen molar-refractivity contribution in [1.82, 2.24) is 10.2 Å². The van der Waals surface area contributed by atoms with Crippen molar-refractivity contribution in [2.45, 2.75) is 48.8 Å². The first-order chi connectivity index (χ1) is 18.7. The van der Waals surface area contributed by atoms with Gasteiger partial charge in [0.25, 0.3) is 0 Å². The largest absolute Gasteiger partial charge is 0.458 e. The number of alkyl halides is 1. The monoisotopic (exact) mass is 672 g/mol. The topological polar surface area (TPSA) is 58.6 Å². The third-order valence-electron chi connectivity index (χ3n) is 6.31. The van der Waals surface area contributed by atoms with Crippen molar-refractivity contribution in [3.8, 4) is 9.85 Å². The van der Waals surface area contributed by atoms with E-state index in [9.17, 15) is 9.59 Å². The number of β-lactam (4-membered cyclic amide) rings is 1. The van der Waals surface area contributed by atoms with E-state index < -0.39 is 34.0 Å². The number of amides is 1. The number of nitrogens with zero attached hydrogens (tertiary/aromatic N) is 1. The lowest BCUT2D eigenvalue weighted by Gasteiger charge is -2.52. The van der Waals surface area contributed by atoms with Crippen molar-refractivity contribution in [2.75, 3.05) is 5.75 Å².